The highest BCUT2D eigenvalue weighted by molar-refractivity contribution is 7.99. The fourth-order valence-corrected chi connectivity index (χ4v) is 4.48. The fraction of sp³-hybridized carbons (Fsp3) is 0.500. The Kier molecular flexibility index (Phi) is 7.04. The molecule has 0 saturated heterocycles. The predicted octanol–water partition coefficient (Wildman–Crippen LogP) is 3.80. The van der Waals surface area contributed by atoms with E-state index in [4.69, 9.17) is 0 Å². The van der Waals surface area contributed by atoms with Crippen LogP contribution in [0.5, 0.6) is 0 Å². The van der Waals surface area contributed by atoms with Crippen LogP contribution in [-0.2, 0) is 11.3 Å². The smallest absolute Gasteiger partial charge is 0.233 e. The van der Waals surface area contributed by atoms with Crippen LogP contribution in [0.1, 0.15) is 39.0 Å². The van der Waals surface area contributed by atoms with Crippen molar-refractivity contribution in [2.45, 2.75) is 56.8 Å². The van der Waals surface area contributed by atoms with Gasteiger partial charge in [0.05, 0.1) is 5.75 Å². The highest BCUT2D eigenvalue weighted by Crippen LogP contribution is 2.26. The molecule has 7 heteroatoms. The first-order valence-electron chi connectivity index (χ1n) is 9.61. The molecule has 0 aromatic carbocycles. The minimum atomic E-state index is 0.188. The predicted molar refractivity (Wildman–Crippen MR) is 108 cm³/mol. The van der Waals surface area contributed by atoms with Crippen LogP contribution in [0.3, 0.4) is 0 Å². The lowest BCUT2D eigenvalue weighted by Crippen LogP contribution is -2.42. The van der Waals surface area contributed by atoms with E-state index < -0.39 is 0 Å². The highest BCUT2D eigenvalue weighted by Gasteiger charge is 2.24. The molecule has 1 amide bonds. The highest BCUT2D eigenvalue weighted by atomic mass is 32.2. The molecular weight excluding hydrogens is 358 g/mol. The zero-order chi connectivity index (χ0) is 19.1. The SMILES string of the molecule is C=CCn1c(SCC(=O)N(CC)C2CCCCC2)nnc1-c1ccncc1. The van der Waals surface area contributed by atoms with Crippen LogP contribution in [0, 0.1) is 0 Å². The number of allylic oxidation sites excluding steroid dienone is 1. The summed E-state index contributed by atoms with van der Waals surface area (Å²) in [5, 5.41) is 9.39. The Morgan fingerprint density at radius 3 is 2.70 bits per heavy atom. The monoisotopic (exact) mass is 385 g/mol. The molecule has 1 aliphatic carbocycles. The number of carbonyl (C=O) groups is 1. The number of thioether (sulfide) groups is 1. The Labute approximate surface area is 165 Å². The number of pyridine rings is 1. The van der Waals surface area contributed by atoms with E-state index >= 15 is 0 Å². The van der Waals surface area contributed by atoms with Gasteiger partial charge >= 0.3 is 0 Å². The Morgan fingerprint density at radius 1 is 1.30 bits per heavy atom. The molecule has 0 N–H and O–H groups in total. The van der Waals surface area contributed by atoms with Gasteiger partial charge in [-0.2, -0.15) is 0 Å². The van der Waals surface area contributed by atoms with E-state index in [0.717, 1.165) is 35.9 Å². The molecule has 0 spiro atoms. The number of rotatable bonds is 8. The van der Waals surface area contributed by atoms with Crippen LogP contribution >= 0.6 is 11.8 Å². The zero-order valence-electron chi connectivity index (χ0n) is 15.9. The Morgan fingerprint density at radius 2 is 2.04 bits per heavy atom. The summed E-state index contributed by atoms with van der Waals surface area (Å²) in [5.41, 5.74) is 0.954. The van der Waals surface area contributed by atoms with E-state index in [1.54, 1.807) is 12.4 Å². The summed E-state index contributed by atoms with van der Waals surface area (Å²) in [6, 6.07) is 4.21. The van der Waals surface area contributed by atoms with Gasteiger partial charge in [0, 0.05) is 37.1 Å². The Hall–Kier alpha value is -2.15. The summed E-state index contributed by atoms with van der Waals surface area (Å²) in [5.74, 6) is 1.34. The topological polar surface area (TPSA) is 63.9 Å². The van der Waals surface area contributed by atoms with Gasteiger partial charge in [0.1, 0.15) is 0 Å². The number of hydrogen-bond acceptors (Lipinski definition) is 5. The first kappa shape index (κ1) is 19.6. The lowest BCUT2D eigenvalue weighted by atomic mass is 9.94. The summed E-state index contributed by atoms with van der Waals surface area (Å²) in [7, 11) is 0. The van der Waals surface area contributed by atoms with E-state index in [1.807, 2.05) is 27.7 Å². The fourth-order valence-electron chi connectivity index (χ4n) is 3.64. The van der Waals surface area contributed by atoms with E-state index in [2.05, 4.69) is 28.7 Å². The number of amides is 1. The van der Waals surface area contributed by atoms with Crippen molar-refractivity contribution in [1.82, 2.24) is 24.6 Å². The Balaban J connectivity index is 1.70. The molecule has 2 aromatic heterocycles. The third-order valence-corrected chi connectivity index (χ3v) is 5.92. The zero-order valence-corrected chi connectivity index (χ0v) is 16.7. The van der Waals surface area contributed by atoms with Gasteiger partial charge in [0.2, 0.25) is 5.91 Å². The standard InChI is InChI=1S/C20H27N5OS/c1-3-14-25-19(16-10-12-21-13-11-16)22-23-20(25)27-15-18(26)24(4-2)17-8-6-5-7-9-17/h3,10-13,17H,1,4-9,14-15H2,2H3. The van der Waals surface area contributed by atoms with Crippen molar-refractivity contribution in [3.05, 3.63) is 37.2 Å². The van der Waals surface area contributed by atoms with Crippen molar-refractivity contribution in [2.24, 2.45) is 0 Å². The maximum absolute atomic E-state index is 12.8. The van der Waals surface area contributed by atoms with Crippen LogP contribution < -0.4 is 0 Å². The minimum absolute atomic E-state index is 0.188. The molecule has 2 heterocycles. The molecule has 1 aliphatic rings. The summed E-state index contributed by atoms with van der Waals surface area (Å²) in [4.78, 5) is 18.9. The quantitative estimate of drug-likeness (QED) is 0.511. The molecule has 1 saturated carbocycles. The average Bonchev–Trinajstić information content (AvgIpc) is 3.11. The van der Waals surface area contributed by atoms with Crippen molar-refractivity contribution >= 4 is 17.7 Å². The third kappa shape index (κ3) is 4.77. The van der Waals surface area contributed by atoms with Gasteiger partial charge in [0.25, 0.3) is 0 Å². The molecule has 0 aliphatic heterocycles. The van der Waals surface area contributed by atoms with Crippen LogP contribution in [0.4, 0.5) is 0 Å². The van der Waals surface area contributed by atoms with E-state index in [9.17, 15) is 4.79 Å². The van der Waals surface area contributed by atoms with Gasteiger partial charge in [0.15, 0.2) is 11.0 Å². The second-order valence-corrected chi connectivity index (χ2v) is 7.64. The molecule has 0 unspecified atom stereocenters. The molecule has 0 atom stereocenters. The van der Waals surface area contributed by atoms with E-state index in [0.29, 0.717) is 18.3 Å². The van der Waals surface area contributed by atoms with Crippen molar-refractivity contribution in [1.29, 1.82) is 0 Å². The van der Waals surface area contributed by atoms with Gasteiger partial charge in [-0.3, -0.25) is 14.3 Å². The van der Waals surface area contributed by atoms with Gasteiger partial charge in [-0.1, -0.05) is 37.1 Å². The van der Waals surface area contributed by atoms with Gasteiger partial charge in [-0.15, -0.1) is 16.8 Å². The molecule has 2 aromatic rings. The van der Waals surface area contributed by atoms with Crippen molar-refractivity contribution in [2.75, 3.05) is 12.3 Å². The van der Waals surface area contributed by atoms with Gasteiger partial charge in [-0.25, -0.2) is 0 Å². The second kappa shape index (κ2) is 9.69. The number of hydrogen-bond donors (Lipinski definition) is 0. The van der Waals surface area contributed by atoms with Crippen LogP contribution in [0.2, 0.25) is 0 Å². The van der Waals surface area contributed by atoms with Crippen LogP contribution in [-0.4, -0.2) is 48.9 Å². The maximum atomic E-state index is 12.8. The van der Waals surface area contributed by atoms with E-state index in [-0.39, 0.29) is 5.91 Å². The summed E-state index contributed by atoms with van der Waals surface area (Å²) in [6.45, 7) is 7.27. The number of nitrogens with zero attached hydrogens (tertiary/aromatic N) is 5. The van der Waals surface area contributed by atoms with Crippen LogP contribution in [0.25, 0.3) is 11.4 Å². The molecule has 3 rings (SSSR count). The van der Waals surface area contributed by atoms with Crippen LogP contribution in [0.15, 0.2) is 42.3 Å². The van der Waals surface area contributed by atoms with Crippen molar-refractivity contribution in [3.8, 4) is 11.4 Å². The molecule has 144 valence electrons. The largest absolute Gasteiger partial charge is 0.339 e. The Bertz CT molecular complexity index is 755. The van der Waals surface area contributed by atoms with Crippen molar-refractivity contribution < 1.29 is 4.79 Å². The molecule has 0 bridgehead atoms. The maximum Gasteiger partial charge on any atom is 0.233 e. The molecular formula is C20H27N5OS. The molecule has 1 fully saturated rings. The number of aromatic nitrogens is 4. The molecule has 0 radical (unpaired) electrons. The lowest BCUT2D eigenvalue weighted by molar-refractivity contribution is -0.131. The van der Waals surface area contributed by atoms with Gasteiger partial charge in [-0.05, 0) is 31.9 Å². The van der Waals surface area contributed by atoms with Gasteiger partial charge < -0.3 is 4.90 Å². The minimum Gasteiger partial charge on any atom is -0.339 e. The lowest BCUT2D eigenvalue weighted by Gasteiger charge is -2.33. The van der Waals surface area contributed by atoms with E-state index in [1.165, 1.54) is 31.0 Å². The first-order valence-corrected chi connectivity index (χ1v) is 10.6. The first-order chi connectivity index (χ1) is 13.2. The second-order valence-electron chi connectivity index (χ2n) is 6.70. The van der Waals surface area contributed by atoms with Crippen molar-refractivity contribution in [3.63, 3.8) is 0 Å². The average molecular weight is 386 g/mol. The molecule has 27 heavy (non-hydrogen) atoms. The summed E-state index contributed by atoms with van der Waals surface area (Å²) < 4.78 is 2.00. The third-order valence-electron chi connectivity index (χ3n) is 4.97. The molecule has 6 nitrogen and oxygen atoms in total. The summed E-state index contributed by atoms with van der Waals surface area (Å²) >= 11 is 1.45. The summed E-state index contributed by atoms with van der Waals surface area (Å²) in [6.07, 6.45) is 11.3. The normalized spacial score (nSPS) is 14.9. The number of carbonyl (C=O) groups excluding carboxylic acids is 1.